The number of nitrogens with zero attached hydrogens (tertiary/aromatic N) is 2. The lowest BCUT2D eigenvalue weighted by atomic mass is 9.90. The van der Waals surface area contributed by atoms with E-state index in [0.29, 0.717) is 0 Å². The molecule has 1 aromatic heterocycles. The highest BCUT2D eigenvalue weighted by Crippen LogP contribution is 2.29. The molecule has 1 N–H and O–H groups in total. The van der Waals surface area contributed by atoms with Gasteiger partial charge >= 0.3 is 0 Å². The van der Waals surface area contributed by atoms with E-state index in [1.807, 2.05) is 0 Å². The van der Waals surface area contributed by atoms with Crippen LogP contribution < -0.4 is 10.2 Å². The van der Waals surface area contributed by atoms with Crippen LogP contribution in [0.5, 0.6) is 0 Å². The summed E-state index contributed by atoms with van der Waals surface area (Å²) in [6.45, 7) is 5.69. The number of aryl methyl sites for hydroxylation is 1. The third kappa shape index (κ3) is 2.47. The molecule has 0 aromatic carbocycles. The van der Waals surface area contributed by atoms with E-state index in [-0.39, 0.29) is 0 Å². The van der Waals surface area contributed by atoms with Crippen molar-refractivity contribution in [2.45, 2.75) is 38.6 Å². The summed E-state index contributed by atoms with van der Waals surface area (Å²) in [5.41, 5.74) is 1.16. The molecule has 2 aliphatic rings. The molecule has 0 saturated carbocycles. The summed E-state index contributed by atoms with van der Waals surface area (Å²) in [6, 6.07) is 0.763. The van der Waals surface area contributed by atoms with Crippen molar-refractivity contribution in [2.75, 3.05) is 24.5 Å². The van der Waals surface area contributed by atoms with Gasteiger partial charge in [0.1, 0.15) is 0 Å². The third-order valence-electron chi connectivity index (χ3n) is 4.00. The molecular weight excluding hydrogens is 230 g/mol. The average Bonchev–Trinajstić information content (AvgIpc) is 3.00. The Balaban J connectivity index is 1.66. The van der Waals surface area contributed by atoms with Crippen LogP contribution in [-0.2, 0) is 0 Å². The summed E-state index contributed by atoms with van der Waals surface area (Å²) >= 11 is 1.80. The fourth-order valence-corrected chi connectivity index (χ4v) is 3.95. The zero-order chi connectivity index (χ0) is 11.7. The highest BCUT2D eigenvalue weighted by Gasteiger charge is 2.29. The number of anilines is 1. The first-order valence-electron chi connectivity index (χ1n) is 6.73. The van der Waals surface area contributed by atoms with Crippen molar-refractivity contribution < 1.29 is 0 Å². The lowest BCUT2D eigenvalue weighted by Gasteiger charge is -2.35. The summed E-state index contributed by atoms with van der Waals surface area (Å²) in [5, 5.41) is 7.05. The Morgan fingerprint density at radius 3 is 3.06 bits per heavy atom. The standard InChI is InChI=1S/C13H21N3S/c1-10-9-17-13(15-10)16-7-3-4-11(8-16)12-5-2-6-14-12/h9,11-12,14H,2-8H2,1H3. The summed E-state index contributed by atoms with van der Waals surface area (Å²) < 4.78 is 0. The molecular formula is C13H21N3S. The van der Waals surface area contributed by atoms with Gasteiger partial charge in [-0.2, -0.15) is 0 Å². The van der Waals surface area contributed by atoms with Crippen LogP contribution in [0.4, 0.5) is 5.13 Å². The maximum atomic E-state index is 4.62. The van der Waals surface area contributed by atoms with Crippen LogP contribution in [0.15, 0.2) is 5.38 Å². The minimum Gasteiger partial charge on any atom is -0.348 e. The number of aromatic nitrogens is 1. The average molecular weight is 251 g/mol. The van der Waals surface area contributed by atoms with Crippen molar-refractivity contribution in [2.24, 2.45) is 5.92 Å². The molecule has 0 spiro atoms. The smallest absolute Gasteiger partial charge is 0.185 e. The van der Waals surface area contributed by atoms with Crippen molar-refractivity contribution in [3.8, 4) is 0 Å². The molecule has 4 heteroatoms. The Morgan fingerprint density at radius 1 is 1.41 bits per heavy atom. The van der Waals surface area contributed by atoms with Crippen molar-refractivity contribution in [3.05, 3.63) is 11.1 Å². The van der Waals surface area contributed by atoms with E-state index in [4.69, 9.17) is 0 Å². The van der Waals surface area contributed by atoms with Crippen molar-refractivity contribution in [1.82, 2.24) is 10.3 Å². The van der Waals surface area contributed by atoms with Crippen LogP contribution in [0.2, 0.25) is 0 Å². The predicted molar refractivity (Wildman–Crippen MR) is 72.8 cm³/mol. The minimum absolute atomic E-state index is 0.763. The molecule has 0 amide bonds. The van der Waals surface area contributed by atoms with Crippen LogP contribution in [-0.4, -0.2) is 30.7 Å². The van der Waals surface area contributed by atoms with E-state index in [0.717, 1.165) is 17.7 Å². The van der Waals surface area contributed by atoms with E-state index >= 15 is 0 Å². The van der Waals surface area contributed by atoms with Gasteiger partial charge in [0.25, 0.3) is 0 Å². The first kappa shape index (κ1) is 11.5. The summed E-state index contributed by atoms with van der Waals surface area (Å²) in [6.07, 6.45) is 5.44. The molecule has 3 rings (SSSR count). The largest absolute Gasteiger partial charge is 0.348 e. The topological polar surface area (TPSA) is 28.2 Å². The molecule has 0 bridgehead atoms. The van der Waals surface area contributed by atoms with Gasteiger partial charge in [0.15, 0.2) is 5.13 Å². The second kappa shape index (κ2) is 4.94. The molecule has 2 unspecified atom stereocenters. The Kier molecular flexibility index (Phi) is 3.34. The molecule has 1 aromatic rings. The fraction of sp³-hybridized carbons (Fsp3) is 0.769. The number of hydrogen-bond donors (Lipinski definition) is 1. The lowest BCUT2D eigenvalue weighted by Crippen LogP contribution is -2.43. The van der Waals surface area contributed by atoms with Gasteiger partial charge in [-0.25, -0.2) is 4.98 Å². The maximum absolute atomic E-state index is 4.62. The first-order valence-corrected chi connectivity index (χ1v) is 7.61. The highest BCUT2D eigenvalue weighted by atomic mass is 32.1. The Labute approximate surface area is 107 Å². The normalized spacial score (nSPS) is 29.8. The zero-order valence-corrected chi connectivity index (χ0v) is 11.3. The fourth-order valence-electron chi connectivity index (χ4n) is 3.11. The van der Waals surface area contributed by atoms with Crippen LogP contribution >= 0.6 is 11.3 Å². The van der Waals surface area contributed by atoms with Crippen LogP contribution in [0, 0.1) is 12.8 Å². The molecule has 3 nitrogen and oxygen atoms in total. The van der Waals surface area contributed by atoms with E-state index in [2.05, 4.69) is 27.5 Å². The van der Waals surface area contributed by atoms with E-state index in [1.165, 1.54) is 50.4 Å². The van der Waals surface area contributed by atoms with Gasteiger partial charge < -0.3 is 10.2 Å². The molecule has 2 aliphatic heterocycles. The number of nitrogens with one attached hydrogen (secondary N) is 1. The van der Waals surface area contributed by atoms with Gasteiger partial charge in [0.2, 0.25) is 0 Å². The third-order valence-corrected chi connectivity index (χ3v) is 5.02. The number of piperidine rings is 1. The van der Waals surface area contributed by atoms with Gasteiger partial charge in [-0.15, -0.1) is 11.3 Å². The van der Waals surface area contributed by atoms with Crippen molar-refractivity contribution in [3.63, 3.8) is 0 Å². The summed E-state index contributed by atoms with van der Waals surface area (Å²) in [7, 11) is 0. The molecule has 3 heterocycles. The van der Waals surface area contributed by atoms with E-state index in [9.17, 15) is 0 Å². The van der Waals surface area contributed by atoms with Gasteiger partial charge in [0.05, 0.1) is 5.69 Å². The number of thiazole rings is 1. The summed E-state index contributed by atoms with van der Waals surface area (Å²) in [5.74, 6) is 0.829. The van der Waals surface area contributed by atoms with Crippen molar-refractivity contribution >= 4 is 16.5 Å². The molecule has 0 radical (unpaired) electrons. The quantitative estimate of drug-likeness (QED) is 0.875. The monoisotopic (exact) mass is 251 g/mol. The van der Waals surface area contributed by atoms with Gasteiger partial charge in [-0.3, -0.25) is 0 Å². The van der Waals surface area contributed by atoms with Gasteiger partial charge in [-0.05, 0) is 45.1 Å². The second-order valence-corrected chi connectivity index (χ2v) is 6.16. The molecule has 0 aliphatic carbocycles. The predicted octanol–water partition coefficient (Wildman–Crippen LogP) is 2.42. The number of hydrogen-bond acceptors (Lipinski definition) is 4. The van der Waals surface area contributed by atoms with Gasteiger partial charge in [0, 0.05) is 24.5 Å². The van der Waals surface area contributed by atoms with E-state index in [1.54, 1.807) is 11.3 Å². The van der Waals surface area contributed by atoms with Gasteiger partial charge in [-0.1, -0.05) is 0 Å². The SMILES string of the molecule is Cc1csc(N2CCCC(C3CCCN3)C2)n1. The van der Waals surface area contributed by atoms with Crippen LogP contribution in [0.1, 0.15) is 31.4 Å². The van der Waals surface area contributed by atoms with Crippen molar-refractivity contribution in [1.29, 1.82) is 0 Å². The number of rotatable bonds is 2. The molecule has 2 fully saturated rings. The molecule has 94 valence electrons. The molecule has 2 saturated heterocycles. The lowest BCUT2D eigenvalue weighted by molar-refractivity contribution is 0.328. The Hall–Kier alpha value is -0.610. The zero-order valence-electron chi connectivity index (χ0n) is 10.5. The molecule has 2 atom stereocenters. The Morgan fingerprint density at radius 2 is 2.35 bits per heavy atom. The minimum atomic E-state index is 0.763. The highest BCUT2D eigenvalue weighted by molar-refractivity contribution is 7.13. The van der Waals surface area contributed by atoms with Crippen LogP contribution in [0.3, 0.4) is 0 Å². The van der Waals surface area contributed by atoms with Crippen LogP contribution in [0.25, 0.3) is 0 Å². The Bertz CT molecular complexity index is 370. The molecule has 17 heavy (non-hydrogen) atoms. The summed E-state index contributed by atoms with van der Waals surface area (Å²) in [4.78, 5) is 7.11. The first-order chi connectivity index (χ1) is 8.33. The second-order valence-electron chi connectivity index (χ2n) is 5.32. The van der Waals surface area contributed by atoms with E-state index < -0.39 is 0 Å². The maximum Gasteiger partial charge on any atom is 0.185 e.